The van der Waals surface area contributed by atoms with Crippen LogP contribution in [0, 0.1) is 13.8 Å². The number of aromatic nitrogens is 2. The molecular formula is C16H17N3OS. The average Bonchev–Trinajstić information content (AvgIpc) is 3.08. The zero-order valence-corrected chi connectivity index (χ0v) is 13.1. The van der Waals surface area contributed by atoms with Gasteiger partial charge in [-0.1, -0.05) is 6.07 Å². The third-order valence-corrected chi connectivity index (χ3v) is 4.38. The lowest BCUT2D eigenvalue weighted by molar-refractivity contribution is 0.568. The number of anilines is 1. The van der Waals surface area contributed by atoms with E-state index in [4.69, 9.17) is 4.42 Å². The maximum atomic E-state index is 5.24. The zero-order chi connectivity index (χ0) is 14.8. The largest absolute Gasteiger partial charge is 0.423 e. The van der Waals surface area contributed by atoms with Gasteiger partial charge in [-0.2, -0.15) is 0 Å². The van der Waals surface area contributed by atoms with E-state index in [0.29, 0.717) is 5.89 Å². The molecule has 0 saturated carbocycles. The summed E-state index contributed by atoms with van der Waals surface area (Å²) in [6, 6.07) is 10.5. The number of nitrogens with one attached hydrogen (secondary N) is 1. The summed E-state index contributed by atoms with van der Waals surface area (Å²) in [5.41, 5.74) is 3.31. The molecule has 0 aliphatic heterocycles. The molecule has 0 spiro atoms. The third-order valence-electron chi connectivity index (χ3n) is 3.40. The highest BCUT2D eigenvalue weighted by atomic mass is 32.1. The normalized spacial score (nSPS) is 12.3. The lowest BCUT2D eigenvalue weighted by Gasteiger charge is -2.15. The Hall–Kier alpha value is -2.14. The van der Waals surface area contributed by atoms with Crippen molar-refractivity contribution in [1.82, 2.24) is 10.2 Å². The molecule has 3 rings (SSSR count). The summed E-state index contributed by atoms with van der Waals surface area (Å²) >= 11 is 1.84. The van der Waals surface area contributed by atoms with Crippen molar-refractivity contribution >= 4 is 17.0 Å². The van der Waals surface area contributed by atoms with Gasteiger partial charge < -0.3 is 9.73 Å². The summed E-state index contributed by atoms with van der Waals surface area (Å²) < 4.78 is 5.24. The van der Waals surface area contributed by atoms with Crippen molar-refractivity contribution in [3.63, 3.8) is 0 Å². The van der Waals surface area contributed by atoms with Crippen LogP contribution in [0.5, 0.6) is 0 Å². The Bertz CT molecular complexity index is 734. The second-order valence-corrected chi connectivity index (χ2v) is 6.52. The smallest absolute Gasteiger partial charge is 0.247 e. The van der Waals surface area contributed by atoms with Crippen molar-refractivity contribution in [2.24, 2.45) is 0 Å². The van der Waals surface area contributed by atoms with Crippen molar-refractivity contribution in [3.8, 4) is 11.5 Å². The molecule has 1 aromatic carbocycles. The van der Waals surface area contributed by atoms with E-state index in [1.165, 1.54) is 21.7 Å². The molecule has 0 saturated heterocycles. The predicted molar refractivity (Wildman–Crippen MR) is 85.6 cm³/mol. The number of rotatable bonds is 4. The highest BCUT2D eigenvalue weighted by Crippen LogP contribution is 2.29. The van der Waals surface area contributed by atoms with Gasteiger partial charge in [0.15, 0.2) is 0 Å². The molecule has 0 fully saturated rings. The van der Waals surface area contributed by atoms with Crippen LogP contribution >= 0.6 is 11.3 Å². The Morgan fingerprint density at radius 1 is 1.24 bits per heavy atom. The number of thiophene rings is 1. The molecule has 0 amide bonds. The molecule has 5 heteroatoms. The molecule has 2 heterocycles. The van der Waals surface area contributed by atoms with E-state index in [1.807, 2.05) is 35.6 Å². The quantitative estimate of drug-likeness (QED) is 0.765. The van der Waals surface area contributed by atoms with Gasteiger partial charge in [0.2, 0.25) is 12.3 Å². The number of hydrogen-bond donors (Lipinski definition) is 1. The van der Waals surface area contributed by atoms with Gasteiger partial charge in [-0.15, -0.1) is 21.5 Å². The zero-order valence-electron chi connectivity index (χ0n) is 12.3. The molecule has 0 radical (unpaired) electrons. The maximum Gasteiger partial charge on any atom is 0.247 e. The molecule has 4 nitrogen and oxygen atoms in total. The predicted octanol–water partition coefficient (Wildman–Crippen LogP) is 4.59. The highest BCUT2D eigenvalue weighted by Gasteiger charge is 2.12. The van der Waals surface area contributed by atoms with Crippen LogP contribution in [0.4, 0.5) is 5.69 Å². The minimum absolute atomic E-state index is 0.257. The fourth-order valence-electron chi connectivity index (χ4n) is 2.45. The summed E-state index contributed by atoms with van der Waals surface area (Å²) in [5, 5.41) is 11.2. The van der Waals surface area contributed by atoms with Crippen molar-refractivity contribution in [2.45, 2.75) is 26.8 Å². The third kappa shape index (κ3) is 2.97. The first-order chi connectivity index (χ1) is 10.1. The lowest BCUT2D eigenvalue weighted by Crippen LogP contribution is -2.06. The van der Waals surface area contributed by atoms with Crippen LogP contribution in [0.3, 0.4) is 0 Å². The maximum absolute atomic E-state index is 5.24. The summed E-state index contributed by atoms with van der Waals surface area (Å²) in [5.74, 6) is 0.536. The highest BCUT2D eigenvalue weighted by molar-refractivity contribution is 7.12. The summed E-state index contributed by atoms with van der Waals surface area (Å²) in [4.78, 5) is 2.70. The summed E-state index contributed by atoms with van der Waals surface area (Å²) in [6.07, 6.45) is 1.34. The minimum Gasteiger partial charge on any atom is -0.423 e. The van der Waals surface area contributed by atoms with Gasteiger partial charge in [0.05, 0.1) is 0 Å². The Kier molecular flexibility index (Phi) is 3.75. The monoisotopic (exact) mass is 299 g/mol. The van der Waals surface area contributed by atoms with Crippen molar-refractivity contribution in [1.29, 1.82) is 0 Å². The molecule has 21 heavy (non-hydrogen) atoms. The van der Waals surface area contributed by atoms with Crippen LogP contribution in [0.25, 0.3) is 11.5 Å². The molecule has 0 bridgehead atoms. The Balaban J connectivity index is 1.82. The number of nitrogens with zero attached hydrogens (tertiary/aromatic N) is 2. The Morgan fingerprint density at radius 3 is 2.76 bits per heavy atom. The van der Waals surface area contributed by atoms with Gasteiger partial charge in [0.25, 0.3) is 0 Å². The molecule has 1 unspecified atom stereocenters. The number of hydrogen-bond acceptors (Lipinski definition) is 5. The van der Waals surface area contributed by atoms with E-state index >= 15 is 0 Å². The van der Waals surface area contributed by atoms with Gasteiger partial charge in [0, 0.05) is 27.0 Å². The van der Waals surface area contributed by atoms with Crippen molar-refractivity contribution in [3.05, 3.63) is 52.0 Å². The van der Waals surface area contributed by atoms with Gasteiger partial charge >= 0.3 is 0 Å². The minimum atomic E-state index is 0.257. The van der Waals surface area contributed by atoms with Crippen LogP contribution in [0.15, 0.2) is 41.1 Å². The fraction of sp³-hybridized carbons (Fsp3) is 0.250. The second kappa shape index (κ2) is 5.69. The first-order valence-electron chi connectivity index (χ1n) is 6.83. The molecule has 108 valence electrons. The van der Waals surface area contributed by atoms with Crippen LogP contribution in [0.1, 0.15) is 28.3 Å². The first-order valence-corrected chi connectivity index (χ1v) is 7.65. The van der Waals surface area contributed by atoms with Gasteiger partial charge in [0.1, 0.15) is 0 Å². The van der Waals surface area contributed by atoms with Crippen LogP contribution in [-0.4, -0.2) is 10.2 Å². The molecular weight excluding hydrogens is 282 g/mol. The standard InChI is InChI=1S/C16H17N3OS/c1-10-7-15(12(3)21-10)11(2)18-14-6-4-5-13(8-14)16-19-17-9-20-16/h4-9,11,18H,1-3H3. The molecule has 2 aromatic heterocycles. The van der Waals surface area contributed by atoms with Crippen molar-refractivity contribution < 1.29 is 4.42 Å². The number of aryl methyl sites for hydroxylation is 2. The van der Waals surface area contributed by atoms with E-state index in [0.717, 1.165) is 11.3 Å². The van der Waals surface area contributed by atoms with E-state index < -0.39 is 0 Å². The number of benzene rings is 1. The van der Waals surface area contributed by atoms with Crippen LogP contribution in [-0.2, 0) is 0 Å². The summed E-state index contributed by atoms with van der Waals surface area (Å²) in [7, 11) is 0. The topological polar surface area (TPSA) is 51.0 Å². The van der Waals surface area contributed by atoms with E-state index in [9.17, 15) is 0 Å². The van der Waals surface area contributed by atoms with Crippen LogP contribution in [0.2, 0.25) is 0 Å². The van der Waals surface area contributed by atoms with Crippen molar-refractivity contribution in [2.75, 3.05) is 5.32 Å². The van der Waals surface area contributed by atoms with Gasteiger partial charge in [-0.25, -0.2) is 0 Å². The van der Waals surface area contributed by atoms with E-state index in [2.05, 4.69) is 42.4 Å². The fourth-order valence-corrected chi connectivity index (χ4v) is 3.47. The molecule has 3 aromatic rings. The molecule has 0 aliphatic carbocycles. The van der Waals surface area contributed by atoms with E-state index in [-0.39, 0.29) is 6.04 Å². The molecule has 0 aliphatic rings. The molecule has 1 N–H and O–H groups in total. The van der Waals surface area contributed by atoms with Gasteiger partial charge in [-0.3, -0.25) is 0 Å². The SMILES string of the molecule is Cc1cc(C(C)Nc2cccc(-c3nnco3)c2)c(C)s1. The Labute approximate surface area is 127 Å². The Morgan fingerprint density at radius 2 is 2.10 bits per heavy atom. The van der Waals surface area contributed by atoms with E-state index in [1.54, 1.807) is 0 Å². The average molecular weight is 299 g/mol. The molecule has 1 atom stereocenters. The van der Waals surface area contributed by atoms with Gasteiger partial charge in [-0.05, 0) is 50.6 Å². The second-order valence-electron chi connectivity index (χ2n) is 5.06. The lowest BCUT2D eigenvalue weighted by atomic mass is 10.1. The summed E-state index contributed by atoms with van der Waals surface area (Å²) in [6.45, 7) is 6.48. The first kappa shape index (κ1) is 13.8. The van der Waals surface area contributed by atoms with Crippen LogP contribution < -0.4 is 5.32 Å².